The summed E-state index contributed by atoms with van der Waals surface area (Å²) in [4.78, 5) is 9.38. The van der Waals surface area contributed by atoms with Gasteiger partial charge in [0.1, 0.15) is 11.6 Å². The quantitative estimate of drug-likeness (QED) is 0.434. The van der Waals surface area contributed by atoms with E-state index in [9.17, 15) is 0 Å². The first-order valence-electron chi connectivity index (χ1n) is 8.05. The summed E-state index contributed by atoms with van der Waals surface area (Å²) < 4.78 is 2.25. The largest absolute Gasteiger partial charge is 0.293 e. The van der Waals surface area contributed by atoms with Crippen LogP contribution in [0.4, 0.5) is 0 Å². The molecule has 0 atom stereocenters. The maximum atomic E-state index is 4.80. The number of rotatable bonds is 1. The van der Waals surface area contributed by atoms with Crippen molar-refractivity contribution in [3.05, 3.63) is 78.6 Å². The number of benzene rings is 3. The third kappa shape index (κ3) is 1.78. The molecule has 0 unspecified atom stereocenters. The average molecular weight is 309 g/mol. The minimum Gasteiger partial charge on any atom is -0.293 e. The van der Waals surface area contributed by atoms with Gasteiger partial charge in [-0.05, 0) is 31.2 Å². The first kappa shape index (κ1) is 13.3. The van der Waals surface area contributed by atoms with Gasteiger partial charge in [-0.25, -0.2) is 9.97 Å². The third-order valence-corrected chi connectivity index (χ3v) is 4.49. The van der Waals surface area contributed by atoms with Crippen LogP contribution in [0.5, 0.6) is 0 Å². The fourth-order valence-corrected chi connectivity index (χ4v) is 3.49. The number of aryl methyl sites for hydroxylation is 1. The van der Waals surface area contributed by atoms with Crippen LogP contribution in [0.1, 0.15) is 5.82 Å². The third-order valence-electron chi connectivity index (χ3n) is 4.49. The van der Waals surface area contributed by atoms with Gasteiger partial charge in [-0.3, -0.25) is 4.57 Å². The predicted octanol–water partition coefficient (Wildman–Crippen LogP) is 5.04. The lowest BCUT2D eigenvalue weighted by molar-refractivity contribution is 1.01. The fourth-order valence-electron chi connectivity index (χ4n) is 3.49. The monoisotopic (exact) mass is 309 g/mol. The van der Waals surface area contributed by atoms with E-state index in [2.05, 4.69) is 64.1 Å². The van der Waals surface area contributed by atoms with Crippen molar-refractivity contribution in [2.24, 2.45) is 0 Å². The van der Waals surface area contributed by atoms with E-state index in [1.807, 2.05) is 25.1 Å². The molecule has 3 aromatic carbocycles. The van der Waals surface area contributed by atoms with Gasteiger partial charge in [-0.1, -0.05) is 48.5 Å². The molecule has 0 radical (unpaired) electrons. The average Bonchev–Trinajstić information content (AvgIpc) is 2.95. The van der Waals surface area contributed by atoms with E-state index < -0.39 is 0 Å². The molecule has 24 heavy (non-hydrogen) atoms. The van der Waals surface area contributed by atoms with Crippen molar-refractivity contribution in [2.75, 3.05) is 0 Å². The van der Waals surface area contributed by atoms with E-state index in [1.54, 1.807) is 0 Å². The Hall–Kier alpha value is -3.20. The Morgan fingerprint density at radius 2 is 1.17 bits per heavy atom. The summed E-state index contributed by atoms with van der Waals surface area (Å²) in [5.74, 6) is 1.72. The molecule has 114 valence electrons. The summed E-state index contributed by atoms with van der Waals surface area (Å²) in [7, 11) is 0. The van der Waals surface area contributed by atoms with E-state index in [4.69, 9.17) is 4.98 Å². The van der Waals surface area contributed by atoms with Gasteiger partial charge in [0.2, 0.25) is 0 Å². The van der Waals surface area contributed by atoms with Gasteiger partial charge >= 0.3 is 0 Å². The molecule has 0 N–H and O–H groups in total. The molecule has 0 amide bonds. The number of aromatic nitrogens is 3. The van der Waals surface area contributed by atoms with Crippen LogP contribution in [-0.4, -0.2) is 14.5 Å². The molecule has 0 fully saturated rings. The van der Waals surface area contributed by atoms with Gasteiger partial charge in [-0.15, -0.1) is 0 Å². The molecule has 0 saturated heterocycles. The van der Waals surface area contributed by atoms with E-state index in [0.29, 0.717) is 0 Å². The van der Waals surface area contributed by atoms with E-state index >= 15 is 0 Å². The fraction of sp³-hybridized carbons (Fsp3) is 0.0476. The van der Waals surface area contributed by atoms with Crippen molar-refractivity contribution in [1.29, 1.82) is 0 Å². The first-order valence-corrected chi connectivity index (χ1v) is 8.05. The highest BCUT2D eigenvalue weighted by Crippen LogP contribution is 2.33. The van der Waals surface area contributed by atoms with Crippen molar-refractivity contribution in [3.63, 3.8) is 0 Å². The second kappa shape index (κ2) is 4.90. The normalized spacial score (nSPS) is 11.5. The maximum absolute atomic E-state index is 4.80. The van der Waals surface area contributed by atoms with Gasteiger partial charge in [0, 0.05) is 16.2 Å². The van der Waals surface area contributed by atoms with Crippen molar-refractivity contribution >= 4 is 32.7 Å². The molecular weight excluding hydrogens is 294 g/mol. The summed E-state index contributed by atoms with van der Waals surface area (Å²) in [6, 6.07) is 25.2. The lowest BCUT2D eigenvalue weighted by Gasteiger charge is -2.10. The highest BCUT2D eigenvalue weighted by atomic mass is 15.1. The Morgan fingerprint density at radius 3 is 1.83 bits per heavy atom. The zero-order valence-corrected chi connectivity index (χ0v) is 13.3. The molecular formula is C21H15N3. The van der Waals surface area contributed by atoms with Crippen molar-refractivity contribution in [1.82, 2.24) is 14.5 Å². The molecule has 0 saturated carbocycles. The molecule has 5 aromatic rings. The smallest absolute Gasteiger partial charge is 0.149 e. The van der Waals surface area contributed by atoms with Gasteiger partial charge < -0.3 is 0 Å². The molecule has 3 nitrogen and oxygen atoms in total. The number of nitrogens with zero attached hydrogens (tertiary/aromatic N) is 3. The topological polar surface area (TPSA) is 30.7 Å². The first-order chi connectivity index (χ1) is 11.8. The van der Waals surface area contributed by atoms with Crippen LogP contribution in [0.2, 0.25) is 0 Å². The Morgan fingerprint density at radius 1 is 0.625 bits per heavy atom. The van der Waals surface area contributed by atoms with Crippen molar-refractivity contribution < 1.29 is 0 Å². The van der Waals surface area contributed by atoms with Gasteiger partial charge in [0.15, 0.2) is 0 Å². The van der Waals surface area contributed by atoms with Gasteiger partial charge in [0.25, 0.3) is 0 Å². The lowest BCUT2D eigenvalue weighted by atomic mass is 10.2. The molecule has 5 rings (SSSR count). The Labute approximate surface area is 139 Å². The molecule has 0 aliphatic carbocycles. The van der Waals surface area contributed by atoms with E-state index in [-0.39, 0.29) is 0 Å². The van der Waals surface area contributed by atoms with E-state index in [1.165, 1.54) is 21.8 Å². The standard InChI is InChI=1S/C21H15N3/c1-14-22-18-11-5-2-10-17(18)21(23-14)24-19-12-6-3-8-15(19)16-9-4-7-13-20(16)24/h2-13H,1H3. The number of para-hydroxylation sites is 3. The lowest BCUT2D eigenvalue weighted by Crippen LogP contribution is -2.02. The minimum absolute atomic E-state index is 0.783. The maximum Gasteiger partial charge on any atom is 0.149 e. The SMILES string of the molecule is Cc1nc(-n2c3ccccc3c3ccccc32)c2ccccc2n1. The minimum atomic E-state index is 0.783. The van der Waals surface area contributed by atoms with Crippen LogP contribution in [0, 0.1) is 6.92 Å². The van der Waals surface area contributed by atoms with Crippen LogP contribution in [-0.2, 0) is 0 Å². The molecule has 0 aliphatic heterocycles. The van der Waals surface area contributed by atoms with Crippen LogP contribution in [0.15, 0.2) is 72.8 Å². The van der Waals surface area contributed by atoms with Crippen LogP contribution < -0.4 is 0 Å². The molecule has 3 heteroatoms. The highest BCUT2D eigenvalue weighted by Gasteiger charge is 2.15. The van der Waals surface area contributed by atoms with Crippen LogP contribution >= 0.6 is 0 Å². The van der Waals surface area contributed by atoms with Gasteiger partial charge in [0.05, 0.1) is 16.6 Å². The molecule has 0 aliphatic rings. The van der Waals surface area contributed by atoms with Crippen molar-refractivity contribution in [3.8, 4) is 5.82 Å². The van der Waals surface area contributed by atoms with Crippen molar-refractivity contribution in [2.45, 2.75) is 6.92 Å². The Kier molecular flexibility index (Phi) is 2.71. The Balaban J connectivity index is 2.03. The highest BCUT2D eigenvalue weighted by molar-refractivity contribution is 6.10. The van der Waals surface area contributed by atoms with E-state index in [0.717, 1.165) is 22.5 Å². The molecule has 0 bridgehead atoms. The number of hydrogen-bond acceptors (Lipinski definition) is 2. The summed E-state index contributed by atoms with van der Waals surface area (Å²) in [5.41, 5.74) is 3.31. The summed E-state index contributed by atoms with van der Waals surface area (Å²) >= 11 is 0. The molecule has 0 spiro atoms. The summed E-state index contributed by atoms with van der Waals surface area (Å²) in [6.45, 7) is 1.95. The number of hydrogen-bond donors (Lipinski definition) is 0. The second-order valence-corrected chi connectivity index (χ2v) is 5.98. The zero-order valence-electron chi connectivity index (χ0n) is 13.3. The molecule has 2 aromatic heterocycles. The predicted molar refractivity (Wildman–Crippen MR) is 98.6 cm³/mol. The zero-order chi connectivity index (χ0) is 16.1. The summed E-state index contributed by atoms with van der Waals surface area (Å²) in [6.07, 6.45) is 0. The molecule has 2 heterocycles. The van der Waals surface area contributed by atoms with Gasteiger partial charge in [-0.2, -0.15) is 0 Å². The Bertz CT molecular complexity index is 1160. The number of fused-ring (bicyclic) bond motifs is 4. The summed E-state index contributed by atoms with van der Waals surface area (Å²) in [5, 5.41) is 3.55. The van der Waals surface area contributed by atoms with Crippen LogP contribution in [0.3, 0.4) is 0 Å². The van der Waals surface area contributed by atoms with Crippen LogP contribution in [0.25, 0.3) is 38.5 Å². The second-order valence-electron chi connectivity index (χ2n) is 5.98.